The fourth-order valence-corrected chi connectivity index (χ4v) is 3.28. The number of methoxy groups -OCH3 is 1. The molecule has 4 heteroatoms. The van der Waals surface area contributed by atoms with Gasteiger partial charge in [0.1, 0.15) is 5.75 Å². The van der Waals surface area contributed by atoms with Crippen molar-refractivity contribution in [3.63, 3.8) is 0 Å². The van der Waals surface area contributed by atoms with Crippen LogP contribution in [-0.4, -0.2) is 14.2 Å². The molecule has 0 spiro atoms. The first kappa shape index (κ1) is 15.8. The summed E-state index contributed by atoms with van der Waals surface area (Å²) in [6.45, 7) is 2.10. The van der Waals surface area contributed by atoms with E-state index in [1.165, 1.54) is 14.7 Å². The molecule has 0 radical (unpaired) electrons. The molecule has 2 aromatic rings. The summed E-state index contributed by atoms with van der Waals surface area (Å²) < 4.78 is 7.83. The Labute approximate surface area is 142 Å². The Hall–Kier alpha value is -0.590. The predicted molar refractivity (Wildman–Crippen MR) is 95.5 cm³/mol. The summed E-state index contributed by atoms with van der Waals surface area (Å²) in [4.78, 5) is 0. The number of hydrogen-bond acceptors (Lipinski definition) is 2. The first-order valence-corrected chi connectivity index (χ1v) is 8.20. The molecule has 0 bridgehead atoms. The number of benzene rings is 2. The van der Waals surface area contributed by atoms with Gasteiger partial charge in [-0.15, -0.1) is 0 Å². The molecule has 2 aromatic carbocycles. The Kier molecular flexibility index (Phi) is 5.46. The van der Waals surface area contributed by atoms with Crippen LogP contribution < -0.4 is 10.1 Å². The molecule has 0 aromatic heterocycles. The van der Waals surface area contributed by atoms with E-state index in [2.05, 4.69) is 81.1 Å². The minimum Gasteiger partial charge on any atom is -0.496 e. The molecule has 0 fully saturated rings. The van der Waals surface area contributed by atoms with Gasteiger partial charge in [-0.05, 0) is 66.4 Å². The van der Waals surface area contributed by atoms with Crippen LogP contribution in [0.4, 0.5) is 0 Å². The van der Waals surface area contributed by atoms with E-state index in [4.69, 9.17) is 4.74 Å². The van der Waals surface area contributed by atoms with Gasteiger partial charge < -0.3 is 10.1 Å². The van der Waals surface area contributed by atoms with Crippen LogP contribution in [0.1, 0.15) is 22.7 Å². The lowest BCUT2D eigenvalue weighted by Gasteiger charge is -2.22. The van der Waals surface area contributed by atoms with Crippen molar-refractivity contribution in [2.24, 2.45) is 0 Å². The Morgan fingerprint density at radius 3 is 2.55 bits per heavy atom. The lowest BCUT2D eigenvalue weighted by atomic mass is 9.96. The van der Waals surface area contributed by atoms with E-state index in [0.29, 0.717) is 0 Å². The van der Waals surface area contributed by atoms with Gasteiger partial charge in [0.25, 0.3) is 0 Å². The van der Waals surface area contributed by atoms with Gasteiger partial charge in [-0.1, -0.05) is 33.6 Å². The van der Waals surface area contributed by atoms with Crippen molar-refractivity contribution in [1.82, 2.24) is 5.32 Å². The average Bonchev–Trinajstić information content (AvgIpc) is 2.44. The predicted octanol–water partition coefficient (Wildman–Crippen LogP) is 4.68. The lowest BCUT2D eigenvalue weighted by Crippen LogP contribution is -2.19. The van der Waals surface area contributed by atoms with Crippen LogP contribution in [0.3, 0.4) is 0 Å². The van der Waals surface area contributed by atoms with Crippen LogP contribution in [0.2, 0.25) is 0 Å². The van der Waals surface area contributed by atoms with Crippen molar-refractivity contribution in [2.45, 2.75) is 13.0 Å². The molecule has 106 valence electrons. The van der Waals surface area contributed by atoms with Gasteiger partial charge in [0, 0.05) is 13.6 Å². The molecule has 2 rings (SSSR count). The van der Waals surface area contributed by atoms with Crippen molar-refractivity contribution in [2.75, 3.05) is 14.2 Å². The minimum atomic E-state index is 0.0916. The molecule has 0 aliphatic rings. The molecule has 1 unspecified atom stereocenters. The van der Waals surface area contributed by atoms with Crippen molar-refractivity contribution < 1.29 is 4.74 Å². The van der Waals surface area contributed by atoms with E-state index in [0.717, 1.165) is 15.8 Å². The smallest absolute Gasteiger partial charge is 0.123 e. The number of nitrogens with one attached hydrogen (secondary N) is 1. The second-order valence-corrected chi connectivity index (χ2v) is 6.73. The molecule has 0 saturated heterocycles. The molecular weight excluding hydrogens is 429 g/mol. The highest BCUT2D eigenvalue weighted by Gasteiger charge is 2.19. The van der Waals surface area contributed by atoms with Crippen molar-refractivity contribution in [3.8, 4) is 5.75 Å². The third kappa shape index (κ3) is 3.35. The Bertz CT molecular complexity index is 615. The van der Waals surface area contributed by atoms with E-state index in [9.17, 15) is 0 Å². The molecule has 0 aliphatic carbocycles. The quantitative estimate of drug-likeness (QED) is 0.690. The highest BCUT2D eigenvalue weighted by Crippen LogP contribution is 2.34. The number of aryl methyl sites for hydroxylation is 1. The zero-order valence-electron chi connectivity index (χ0n) is 11.7. The molecule has 20 heavy (non-hydrogen) atoms. The summed E-state index contributed by atoms with van der Waals surface area (Å²) in [6, 6.07) is 12.7. The summed E-state index contributed by atoms with van der Waals surface area (Å²) >= 11 is 5.99. The molecule has 1 N–H and O–H groups in total. The van der Waals surface area contributed by atoms with Gasteiger partial charge >= 0.3 is 0 Å². The highest BCUT2D eigenvalue weighted by molar-refractivity contribution is 14.1. The Morgan fingerprint density at radius 1 is 1.15 bits per heavy atom. The van der Waals surface area contributed by atoms with Crippen molar-refractivity contribution in [3.05, 3.63) is 61.1 Å². The van der Waals surface area contributed by atoms with Crippen molar-refractivity contribution >= 4 is 38.5 Å². The van der Waals surface area contributed by atoms with E-state index < -0.39 is 0 Å². The summed E-state index contributed by atoms with van der Waals surface area (Å²) in [5.74, 6) is 0.903. The second kappa shape index (κ2) is 6.91. The van der Waals surface area contributed by atoms with Gasteiger partial charge in [0.2, 0.25) is 0 Å². The van der Waals surface area contributed by atoms with Crippen LogP contribution in [0.25, 0.3) is 0 Å². The van der Waals surface area contributed by atoms with Gasteiger partial charge in [-0.2, -0.15) is 0 Å². The molecule has 0 aliphatic heterocycles. The normalized spacial score (nSPS) is 12.2. The van der Waals surface area contributed by atoms with Crippen molar-refractivity contribution in [1.29, 1.82) is 0 Å². The summed E-state index contributed by atoms with van der Waals surface area (Å²) in [6.07, 6.45) is 0. The fraction of sp³-hybridized carbons (Fsp3) is 0.250. The zero-order valence-corrected chi connectivity index (χ0v) is 15.4. The molecule has 1 atom stereocenters. The summed E-state index contributed by atoms with van der Waals surface area (Å²) in [7, 11) is 3.68. The van der Waals surface area contributed by atoms with E-state index in [1.807, 2.05) is 13.1 Å². The zero-order chi connectivity index (χ0) is 14.7. The first-order chi connectivity index (χ1) is 9.56. The maximum absolute atomic E-state index is 5.52. The molecule has 0 amide bonds. The van der Waals surface area contributed by atoms with E-state index >= 15 is 0 Å². The molecule has 0 saturated carbocycles. The minimum absolute atomic E-state index is 0.0916. The van der Waals surface area contributed by atoms with Gasteiger partial charge in [0.05, 0.1) is 13.2 Å². The van der Waals surface area contributed by atoms with Crippen LogP contribution in [0.5, 0.6) is 5.75 Å². The molecule has 2 nitrogen and oxygen atoms in total. The standard InChI is InChI=1S/C16H17BrINO/c1-10-4-7-15(20-3)13(8-10)16(19-2)12-9-11(18)5-6-14(12)17/h4-9,16,19H,1-3H3. The fourth-order valence-electron chi connectivity index (χ4n) is 2.29. The maximum Gasteiger partial charge on any atom is 0.123 e. The van der Waals surface area contributed by atoms with Gasteiger partial charge in [-0.3, -0.25) is 0 Å². The van der Waals surface area contributed by atoms with E-state index in [1.54, 1.807) is 7.11 Å². The third-order valence-electron chi connectivity index (χ3n) is 3.25. The van der Waals surface area contributed by atoms with Crippen LogP contribution in [0, 0.1) is 10.5 Å². The maximum atomic E-state index is 5.52. The molecule has 0 heterocycles. The highest BCUT2D eigenvalue weighted by atomic mass is 127. The number of hydrogen-bond donors (Lipinski definition) is 1. The van der Waals surface area contributed by atoms with Crippen LogP contribution >= 0.6 is 38.5 Å². The largest absolute Gasteiger partial charge is 0.496 e. The lowest BCUT2D eigenvalue weighted by molar-refractivity contribution is 0.405. The Balaban J connectivity index is 2.57. The average molecular weight is 446 g/mol. The third-order valence-corrected chi connectivity index (χ3v) is 4.65. The summed E-state index contributed by atoms with van der Waals surface area (Å²) in [5.41, 5.74) is 3.59. The van der Waals surface area contributed by atoms with Crippen LogP contribution in [-0.2, 0) is 0 Å². The van der Waals surface area contributed by atoms with Gasteiger partial charge in [-0.25, -0.2) is 0 Å². The number of halogens is 2. The van der Waals surface area contributed by atoms with Crippen LogP contribution in [0.15, 0.2) is 40.9 Å². The van der Waals surface area contributed by atoms with Gasteiger partial charge in [0.15, 0.2) is 0 Å². The number of ether oxygens (including phenoxy) is 1. The molecular formula is C16H17BrINO. The Morgan fingerprint density at radius 2 is 1.90 bits per heavy atom. The summed E-state index contributed by atoms with van der Waals surface area (Å²) in [5, 5.41) is 3.39. The second-order valence-electron chi connectivity index (χ2n) is 4.63. The SMILES string of the molecule is CNC(c1cc(I)ccc1Br)c1cc(C)ccc1OC. The topological polar surface area (TPSA) is 21.3 Å². The van der Waals surface area contributed by atoms with E-state index in [-0.39, 0.29) is 6.04 Å². The first-order valence-electron chi connectivity index (χ1n) is 6.33. The number of rotatable bonds is 4. The monoisotopic (exact) mass is 445 g/mol.